The number of aliphatic carboxylic acids is 1. The highest BCUT2D eigenvalue weighted by Gasteiger charge is 2.58. The minimum atomic E-state index is -0.685. The minimum Gasteiger partial charge on any atom is -0.481 e. The zero-order chi connectivity index (χ0) is 20.8. The predicted molar refractivity (Wildman–Crippen MR) is 116 cm³/mol. The number of fused-ring (bicyclic) bond motifs is 5. The van der Waals surface area contributed by atoms with Crippen molar-refractivity contribution < 1.29 is 15.0 Å². The largest absolute Gasteiger partial charge is 0.481 e. The molecule has 0 aromatic heterocycles. The van der Waals surface area contributed by atoms with Gasteiger partial charge in [-0.15, -0.1) is 0 Å². The number of unbranched alkanes of at least 4 members (excludes halogenated alkanes) is 1. The molecule has 1 unspecified atom stereocenters. The van der Waals surface area contributed by atoms with E-state index in [4.69, 9.17) is 5.11 Å². The van der Waals surface area contributed by atoms with Crippen molar-refractivity contribution >= 4 is 5.97 Å². The number of carboxylic acids is 1. The standard InChI is InChI=1S/C26H40O3/c1-17(6-4-5-7-24(28)29)21-10-11-22-20-9-8-18-16-19(27)12-14-25(18,2)23(20)13-15-26(21,22)3/h6,8,19-23,27H,4-5,7,9-16H2,1-3H3,(H,28,29)/b17-6+/t19-,20-,21+,22-,23?,25-,26+/m0/s1. The van der Waals surface area contributed by atoms with E-state index in [2.05, 4.69) is 32.9 Å². The quantitative estimate of drug-likeness (QED) is 0.431. The summed E-state index contributed by atoms with van der Waals surface area (Å²) in [6, 6.07) is 0. The van der Waals surface area contributed by atoms with Gasteiger partial charge < -0.3 is 10.2 Å². The first-order chi connectivity index (χ1) is 13.8. The lowest BCUT2D eigenvalue weighted by Crippen LogP contribution is -2.50. The Hall–Kier alpha value is -1.09. The van der Waals surface area contributed by atoms with Crippen molar-refractivity contribution in [1.82, 2.24) is 0 Å². The van der Waals surface area contributed by atoms with E-state index < -0.39 is 5.97 Å². The topological polar surface area (TPSA) is 57.5 Å². The monoisotopic (exact) mass is 400 g/mol. The van der Waals surface area contributed by atoms with Crippen LogP contribution in [0.15, 0.2) is 23.3 Å². The van der Waals surface area contributed by atoms with Crippen LogP contribution in [0.4, 0.5) is 0 Å². The van der Waals surface area contributed by atoms with Crippen LogP contribution in [0.2, 0.25) is 0 Å². The van der Waals surface area contributed by atoms with Gasteiger partial charge in [0, 0.05) is 6.42 Å². The van der Waals surface area contributed by atoms with E-state index in [0.29, 0.717) is 16.7 Å². The molecule has 0 radical (unpaired) electrons. The lowest BCUT2D eigenvalue weighted by atomic mass is 9.47. The van der Waals surface area contributed by atoms with Crippen LogP contribution in [0.5, 0.6) is 0 Å². The first-order valence-electron chi connectivity index (χ1n) is 12.0. The molecular weight excluding hydrogens is 360 g/mol. The van der Waals surface area contributed by atoms with Gasteiger partial charge in [-0.2, -0.15) is 0 Å². The van der Waals surface area contributed by atoms with Crippen molar-refractivity contribution in [1.29, 1.82) is 0 Å². The summed E-state index contributed by atoms with van der Waals surface area (Å²) in [6.07, 6.45) is 16.3. The van der Waals surface area contributed by atoms with Gasteiger partial charge in [0.15, 0.2) is 0 Å². The zero-order valence-electron chi connectivity index (χ0n) is 18.6. The summed E-state index contributed by atoms with van der Waals surface area (Å²) in [5, 5.41) is 19.1. The molecule has 29 heavy (non-hydrogen) atoms. The van der Waals surface area contributed by atoms with Gasteiger partial charge in [-0.25, -0.2) is 0 Å². The highest BCUT2D eigenvalue weighted by Crippen LogP contribution is 2.67. The van der Waals surface area contributed by atoms with E-state index in [1.807, 2.05) is 0 Å². The fourth-order valence-electron chi connectivity index (χ4n) is 8.11. The molecule has 0 heterocycles. The first-order valence-corrected chi connectivity index (χ1v) is 12.0. The Morgan fingerprint density at radius 2 is 1.97 bits per heavy atom. The molecule has 0 amide bonds. The average Bonchev–Trinajstić information content (AvgIpc) is 3.03. The normalized spacial score (nSPS) is 44.5. The van der Waals surface area contributed by atoms with Crippen LogP contribution >= 0.6 is 0 Å². The molecule has 0 saturated heterocycles. The Bertz CT molecular complexity index is 707. The highest BCUT2D eigenvalue weighted by molar-refractivity contribution is 5.66. The number of hydrogen-bond donors (Lipinski definition) is 2. The third-order valence-corrected chi connectivity index (χ3v) is 9.69. The molecule has 2 N–H and O–H groups in total. The molecule has 0 bridgehead atoms. The molecule has 0 aromatic carbocycles. The van der Waals surface area contributed by atoms with Crippen LogP contribution in [0.1, 0.15) is 91.4 Å². The van der Waals surface area contributed by atoms with Crippen LogP contribution in [0, 0.1) is 34.5 Å². The van der Waals surface area contributed by atoms with E-state index in [0.717, 1.165) is 49.9 Å². The number of allylic oxidation sites excluding steroid dienone is 3. The molecule has 4 aliphatic carbocycles. The summed E-state index contributed by atoms with van der Waals surface area (Å²) in [4.78, 5) is 10.8. The summed E-state index contributed by atoms with van der Waals surface area (Å²) in [5.74, 6) is 2.41. The number of aliphatic hydroxyl groups excluding tert-OH is 1. The fourth-order valence-corrected chi connectivity index (χ4v) is 8.11. The maximum absolute atomic E-state index is 10.8. The van der Waals surface area contributed by atoms with Crippen LogP contribution in [0.3, 0.4) is 0 Å². The van der Waals surface area contributed by atoms with Gasteiger partial charge in [0.05, 0.1) is 6.10 Å². The summed E-state index contributed by atoms with van der Waals surface area (Å²) < 4.78 is 0. The second-order valence-corrected chi connectivity index (χ2v) is 11.1. The number of hydrogen-bond acceptors (Lipinski definition) is 2. The molecule has 3 heteroatoms. The number of carbonyl (C=O) groups is 1. The number of aliphatic hydroxyl groups is 1. The minimum absolute atomic E-state index is 0.121. The SMILES string of the molecule is C/C(=C\CCCC(=O)O)[C@H]1CC[C@H]2[C@@H]3CC=C4C[C@@H](O)CC[C@]4(C)C3CC[C@]12C. The van der Waals surface area contributed by atoms with Gasteiger partial charge in [-0.3, -0.25) is 4.79 Å². The molecule has 3 saturated carbocycles. The summed E-state index contributed by atoms with van der Waals surface area (Å²) in [5.41, 5.74) is 3.80. The maximum atomic E-state index is 10.8. The van der Waals surface area contributed by atoms with E-state index in [-0.39, 0.29) is 12.5 Å². The Kier molecular flexibility index (Phi) is 5.74. The van der Waals surface area contributed by atoms with Crippen molar-refractivity contribution in [2.24, 2.45) is 34.5 Å². The van der Waals surface area contributed by atoms with E-state index in [1.54, 1.807) is 5.57 Å². The van der Waals surface area contributed by atoms with Crippen molar-refractivity contribution in [3.05, 3.63) is 23.3 Å². The van der Waals surface area contributed by atoms with Gasteiger partial charge in [-0.05, 0) is 106 Å². The van der Waals surface area contributed by atoms with E-state index in [9.17, 15) is 9.90 Å². The smallest absolute Gasteiger partial charge is 0.303 e. The predicted octanol–water partition coefficient (Wildman–Crippen LogP) is 6.13. The van der Waals surface area contributed by atoms with Crippen molar-refractivity contribution in [2.75, 3.05) is 0 Å². The fraction of sp³-hybridized carbons (Fsp3) is 0.808. The molecule has 3 nitrogen and oxygen atoms in total. The van der Waals surface area contributed by atoms with Crippen LogP contribution < -0.4 is 0 Å². The highest BCUT2D eigenvalue weighted by atomic mass is 16.4. The van der Waals surface area contributed by atoms with Crippen LogP contribution in [-0.4, -0.2) is 22.3 Å². The van der Waals surface area contributed by atoms with Gasteiger partial charge in [0.25, 0.3) is 0 Å². The molecular formula is C26H40O3. The molecule has 0 spiro atoms. The molecule has 4 rings (SSSR count). The molecule has 0 aliphatic heterocycles. The number of carboxylic acid groups (broad SMARTS) is 1. The Labute approximate surface area is 176 Å². The third kappa shape index (κ3) is 3.62. The van der Waals surface area contributed by atoms with Crippen LogP contribution in [-0.2, 0) is 4.79 Å². The zero-order valence-corrected chi connectivity index (χ0v) is 18.6. The van der Waals surface area contributed by atoms with Gasteiger partial charge in [-0.1, -0.05) is 37.1 Å². The Morgan fingerprint density at radius 3 is 2.72 bits per heavy atom. The maximum Gasteiger partial charge on any atom is 0.303 e. The van der Waals surface area contributed by atoms with Gasteiger partial charge in [0.1, 0.15) is 0 Å². The molecule has 162 valence electrons. The molecule has 4 aliphatic rings. The summed E-state index contributed by atoms with van der Waals surface area (Å²) in [6.45, 7) is 7.37. The average molecular weight is 401 g/mol. The molecule has 7 atom stereocenters. The second kappa shape index (κ2) is 7.87. The first kappa shape index (κ1) is 21.2. The lowest BCUT2D eigenvalue weighted by Gasteiger charge is -2.58. The van der Waals surface area contributed by atoms with E-state index in [1.165, 1.54) is 37.7 Å². The molecule has 0 aromatic rings. The summed E-state index contributed by atoms with van der Waals surface area (Å²) >= 11 is 0. The van der Waals surface area contributed by atoms with Crippen molar-refractivity contribution in [3.63, 3.8) is 0 Å². The van der Waals surface area contributed by atoms with Crippen molar-refractivity contribution in [2.45, 2.75) is 97.5 Å². The Balaban J connectivity index is 1.50. The third-order valence-electron chi connectivity index (χ3n) is 9.69. The lowest BCUT2D eigenvalue weighted by molar-refractivity contribution is -0.137. The van der Waals surface area contributed by atoms with Crippen molar-refractivity contribution in [3.8, 4) is 0 Å². The molecule has 3 fully saturated rings. The van der Waals surface area contributed by atoms with E-state index >= 15 is 0 Å². The van der Waals surface area contributed by atoms with Gasteiger partial charge >= 0.3 is 5.97 Å². The summed E-state index contributed by atoms with van der Waals surface area (Å²) in [7, 11) is 0. The second-order valence-electron chi connectivity index (χ2n) is 11.1. The number of rotatable bonds is 5. The Morgan fingerprint density at radius 1 is 1.17 bits per heavy atom. The van der Waals surface area contributed by atoms with Crippen LogP contribution in [0.25, 0.3) is 0 Å². The van der Waals surface area contributed by atoms with Gasteiger partial charge in [0.2, 0.25) is 0 Å².